The first-order valence-corrected chi connectivity index (χ1v) is 8.30. The van der Waals surface area contributed by atoms with Gasteiger partial charge in [0.25, 0.3) is 5.91 Å². The lowest BCUT2D eigenvalue weighted by molar-refractivity contribution is -0.123. The molecule has 0 aliphatic rings. The van der Waals surface area contributed by atoms with E-state index in [0.29, 0.717) is 28.6 Å². The number of ether oxygens (including phenoxy) is 2. The molecule has 0 heterocycles. The van der Waals surface area contributed by atoms with Crippen LogP contribution < -0.4 is 10.1 Å². The van der Waals surface area contributed by atoms with E-state index in [1.165, 1.54) is 6.92 Å². The van der Waals surface area contributed by atoms with Gasteiger partial charge in [0, 0.05) is 10.7 Å². The number of rotatable bonds is 6. The molecule has 0 saturated carbocycles. The normalized spacial score (nSPS) is 11.5. The number of hydrogen-bond acceptors (Lipinski definition) is 4. The van der Waals surface area contributed by atoms with Crippen molar-refractivity contribution in [3.05, 3.63) is 58.6 Å². The first-order valence-electron chi connectivity index (χ1n) is 7.92. The average molecular weight is 362 g/mol. The van der Waals surface area contributed by atoms with Gasteiger partial charge in [-0.15, -0.1) is 0 Å². The molecule has 0 aliphatic heterocycles. The molecular weight excluding hydrogens is 342 g/mol. The second-order valence-electron chi connectivity index (χ2n) is 5.41. The zero-order valence-electron chi connectivity index (χ0n) is 14.3. The Morgan fingerprint density at radius 2 is 1.84 bits per heavy atom. The van der Waals surface area contributed by atoms with Gasteiger partial charge in [-0.05, 0) is 62.7 Å². The molecule has 6 heteroatoms. The number of halogens is 1. The van der Waals surface area contributed by atoms with Crippen molar-refractivity contribution >= 4 is 29.2 Å². The highest BCUT2D eigenvalue weighted by atomic mass is 35.5. The minimum absolute atomic E-state index is 0.349. The molecule has 2 aromatic carbocycles. The van der Waals surface area contributed by atoms with Crippen LogP contribution in [0.15, 0.2) is 42.5 Å². The largest absolute Gasteiger partial charge is 0.494 e. The van der Waals surface area contributed by atoms with E-state index in [9.17, 15) is 9.59 Å². The van der Waals surface area contributed by atoms with Crippen LogP contribution in [0.1, 0.15) is 29.8 Å². The van der Waals surface area contributed by atoms with E-state index in [2.05, 4.69) is 5.32 Å². The highest BCUT2D eigenvalue weighted by Gasteiger charge is 2.20. The van der Waals surface area contributed by atoms with Gasteiger partial charge < -0.3 is 14.8 Å². The maximum absolute atomic E-state index is 12.2. The van der Waals surface area contributed by atoms with Crippen LogP contribution in [0.3, 0.4) is 0 Å². The molecule has 0 spiro atoms. The van der Waals surface area contributed by atoms with Gasteiger partial charge in [-0.3, -0.25) is 4.79 Å². The molecule has 2 rings (SSSR count). The van der Waals surface area contributed by atoms with Crippen LogP contribution in [-0.4, -0.2) is 24.6 Å². The molecule has 25 heavy (non-hydrogen) atoms. The molecule has 0 bridgehead atoms. The summed E-state index contributed by atoms with van der Waals surface area (Å²) in [6.07, 6.45) is -0.947. The minimum Gasteiger partial charge on any atom is -0.494 e. The summed E-state index contributed by atoms with van der Waals surface area (Å²) in [5.41, 5.74) is 1.69. The predicted molar refractivity (Wildman–Crippen MR) is 97.3 cm³/mol. The second-order valence-corrected chi connectivity index (χ2v) is 5.81. The fourth-order valence-corrected chi connectivity index (χ4v) is 2.29. The topological polar surface area (TPSA) is 64.6 Å². The molecule has 2 aromatic rings. The lowest BCUT2D eigenvalue weighted by Crippen LogP contribution is -2.30. The number of benzene rings is 2. The Morgan fingerprint density at radius 3 is 2.48 bits per heavy atom. The zero-order valence-corrected chi connectivity index (χ0v) is 15.1. The number of anilines is 1. The van der Waals surface area contributed by atoms with E-state index in [-0.39, 0.29) is 0 Å². The molecule has 0 aromatic heterocycles. The number of nitrogens with one attached hydrogen (secondary N) is 1. The van der Waals surface area contributed by atoms with Crippen molar-refractivity contribution in [2.45, 2.75) is 26.9 Å². The van der Waals surface area contributed by atoms with Crippen LogP contribution in [-0.2, 0) is 9.53 Å². The van der Waals surface area contributed by atoms with Gasteiger partial charge in [-0.25, -0.2) is 4.79 Å². The Kier molecular flexibility index (Phi) is 6.42. The van der Waals surface area contributed by atoms with Gasteiger partial charge in [0.2, 0.25) is 0 Å². The van der Waals surface area contributed by atoms with Gasteiger partial charge in [0.1, 0.15) is 5.75 Å². The lowest BCUT2D eigenvalue weighted by atomic mass is 10.2. The van der Waals surface area contributed by atoms with Crippen LogP contribution in [0.4, 0.5) is 5.69 Å². The Hall–Kier alpha value is -2.53. The molecule has 0 aliphatic carbocycles. The third-order valence-corrected chi connectivity index (χ3v) is 3.99. The molecular formula is C19H20ClNO4. The van der Waals surface area contributed by atoms with Crippen LogP contribution in [0.25, 0.3) is 0 Å². The molecule has 5 nitrogen and oxygen atoms in total. The second kappa shape index (κ2) is 8.53. The summed E-state index contributed by atoms with van der Waals surface area (Å²) in [6.45, 7) is 5.74. The highest BCUT2D eigenvalue weighted by Crippen LogP contribution is 2.23. The average Bonchev–Trinajstić information content (AvgIpc) is 2.59. The molecule has 0 fully saturated rings. The van der Waals surface area contributed by atoms with Gasteiger partial charge in [-0.1, -0.05) is 17.7 Å². The van der Waals surface area contributed by atoms with Crippen molar-refractivity contribution < 1.29 is 19.1 Å². The van der Waals surface area contributed by atoms with Crippen molar-refractivity contribution in [1.29, 1.82) is 0 Å². The standard InChI is InChI=1S/C19H20ClNO4/c1-4-24-15-10-8-14(9-11-15)19(23)25-13(3)18(22)21-17-7-5-6-16(20)12(17)2/h5-11,13H,4H2,1-3H3,(H,21,22)/t13-/m1/s1. The van der Waals surface area contributed by atoms with E-state index < -0.39 is 18.0 Å². The van der Waals surface area contributed by atoms with Crippen LogP contribution >= 0.6 is 11.6 Å². The third kappa shape index (κ3) is 4.97. The number of carbonyl (C=O) groups is 2. The molecule has 1 N–H and O–H groups in total. The van der Waals surface area contributed by atoms with Crippen molar-refractivity contribution in [2.75, 3.05) is 11.9 Å². The molecule has 1 atom stereocenters. The predicted octanol–water partition coefficient (Wildman–Crippen LogP) is 4.23. The van der Waals surface area contributed by atoms with Crippen molar-refractivity contribution in [3.63, 3.8) is 0 Å². The molecule has 132 valence electrons. The molecule has 0 unspecified atom stereocenters. The number of carbonyl (C=O) groups excluding carboxylic acids is 2. The lowest BCUT2D eigenvalue weighted by Gasteiger charge is -2.15. The summed E-state index contributed by atoms with van der Waals surface area (Å²) in [5.74, 6) is -0.334. The first-order chi connectivity index (χ1) is 11.9. The minimum atomic E-state index is -0.947. The van der Waals surface area contributed by atoms with Gasteiger partial charge in [0.05, 0.1) is 12.2 Å². The SMILES string of the molecule is CCOc1ccc(C(=O)O[C@H](C)C(=O)Nc2cccc(Cl)c2C)cc1. The van der Waals surface area contributed by atoms with Crippen molar-refractivity contribution in [3.8, 4) is 5.75 Å². The van der Waals surface area contributed by atoms with E-state index in [0.717, 1.165) is 5.56 Å². The maximum atomic E-state index is 12.2. The third-order valence-electron chi connectivity index (χ3n) is 3.58. The Morgan fingerprint density at radius 1 is 1.16 bits per heavy atom. The monoisotopic (exact) mass is 361 g/mol. The summed E-state index contributed by atoms with van der Waals surface area (Å²) in [5, 5.41) is 3.27. The Balaban J connectivity index is 1.98. The molecule has 0 saturated heterocycles. The summed E-state index contributed by atoms with van der Waals surface area (Å²) in [4.78, 5) is 24.4. The maximum Gasteiger partial charge on any atom is 0.338 e. The van der Waals surface area contributed by atoms with Crippen LogP contribution in [0.2, 0.25) is 5.02 Å². The Labute approximate surface area is 151 Å². The summed E-state index contributed by atoms with van der Waals surface area (Å²) < 4.78 is 10.5. The van der Waals surface area contributed by atoms with Gasteiger partial charge in [0.15, 0.2) is 6.10 Å². The summed E-state index contributed by atoms with van der Waals surface area (Å²) in [7, 11) is 0. The van der Waals surface area contributed by atoms with Crippen LogP contribution in [0, 0.1) is 6.92 Å². The molecule has 1 amide bonds. The van der Waals surface area contributed by atoms with E-state index >= 15 is 0 Å². The number of hydrogen-bond donors (Lipinski definition) is 1. The summed E-state index contributed by atoms with van der Waals surface area (Å²) >= 11 is 6.03. The smallest absolute Gasteiger partial charge is 0.338 e. The van der Waals surface area contributed by atoms with E-state index in [1.807, 2.05) is 6.92 Å². The van der Waals surface area contributed by atoms with E-state index in [1.54, 1.807) is 49.4 Å². The first kappa shape index (κ1) is 18.8. The fourth-order valence-electron chi connectivity index (χ4n) is 2.11. The Bertz CT molecular complexity index is 759. The van der Waals surface area contributed by atoms with Gasteiger partial charge >= 0.3 is 5.97 Å². The molecule has 0 radical (unpaired) electrons. The number of esters is 1. The zero-order chi connectivity index (χ0) is 18.4. The van der Waals surface area contributed by atoms with Gasteiger partial charge in [-0.2, -0.15) is 0 Å². The fraction of sp³-hybridized carbons (Fsp3) is 0.263. The highest BCUT2D eigenvalue weighted by molar-refractivity contribution is 6.31. The summed E-state index contributed by atoms with van der Waals surface area (Å²) in [6, 6.07) is 11.8. The number of amides is 1. The van der Waals surface area contributed by atoms with Crippen molar-refractivity contribution in [1.82, 2.24) is 0 Å². The van der Waals surface area contributed by atoms with E-state index in [4.69, 9.17) is 21.1 Å². The van der Waals surface area contributed by atoms with Crippen molar-refractivity contribution in [2.24, 2.45) is 0 Å². The quantitative estimate of drug-likeness (QED) is 0.782. The van der Waals surface area contributed by atoms with Crippen LogP contribution in [0.5, 0.6) is 5.75 Å².